The van der Waals surface area contributed by atoms with Gasteiger partial charge in [-0.2, -0.15) is 4.74 Å². The van der Waals surface area contributed by atoms with E-state index in [0.29, 0.717) is 9.80 Å². The largest absolute Gasteiger partial charge is 0.622 e. The summed E-state index contributed by atoms with van der Waals surface area (Å²) >= 11 is 0. The number of carbonyl (C=O) groups excluding carboxylic acids is 1. The zero-order chi connectivity index (χ0) is 7.72. The molecule has 0 aliphatic carbocycles. The van der Waals surface area contributed by atoms with Gasteiger partial charge in [0.1, 0.15) is 6.54 Å². The van der Waals surface area contributed by atoms with Crippen molar-refractivity contribution in [3.63, 3.8) is 0 Å². The molecule has 0 bridgehead atoms. The monoisotopic (exact) mass is 144 g/mol. The van der Waals surface area contributed by atoms with Gasteiger partial charge in [-0.3, -0.25) is 4.79 Å². The normalized spacial score (nSPS) is 26.6. The summed E-state index contributed by atoms with van der Waals surface area (Å²) in [5.41, 5.74) is 0. The molecule has 1 aliphatic heterocycles. The zero-order valence-electron chi connectivity index (χ0n) is 5.52. The first-order chi connectivity index (χ1) is 4.63. The van der Waals surface area contributed by atoms with Crippen LogP contribution >= 0.6 is 0 Å². The van der Waals surface area contributed by atoms with Gasteiger partial charge in [0, 0.05) is 6.92 Å². The van der Waals surface area contributed by atoms with E-state index in [2.05, 4.69) is 0 Å². The molecule has 0 fully saturated rings. The lowest BCUT2D eigenvalue weighted by Crippen LogP contribution is -2.38. The molecular weight excluding hydrogens is 136 g/mol. The minimum atomic E-state index is -1.03. The molecule has 0 aromatic carbocycles. The van der Waals surface area contributed by atoms with E-state index in [1.807, 2.05) is 0 Å². The molecule has 5 heteroatoms. The summed E-state index contributed by atoms with van der Waals surface area (Å²) in [4.78, 5) is 10.6. The quantitative estimate of drug-likeness (QED) is 0.386. The first-order valence-electron chi connectivity index (χ1n) is 2.87. The van der Waals surface area contributed by atoms with Gasteiger partial charge in [-0.05, 0) is 0 Å². The van der Waals surface area contributed by atoms with Crippen molar-refractivity contribution < 1.29 is 14.7 Å². The second kappa shape index (κ2) is 2.36. The molecular formula is C5H8N2O3. The summed E-state index contributed by atoms with van der Waals surface area (Å²) in [5.74, 6) is -0.355. The van der Waals surface area contributed by atoms with Crippen LogP contribution in [-0.2, 0) is 4.79 Å². The topological polar surface area (TPSA) is 66.6 Å². The Hall–Kier alpha value is -0.940. The molecule has 1 aliphatic rings. The molecule has 0 aromatic heterocycles. The Balaban J connectivity index is 2.74. The van der Waals surface area contributed by atoms with Crippen molar-refractivity contribution in [1.82, 2.24) is 5.06 Å². The van der Waals surface area contributed by atoms with Crippen LogP contribution in [-0.4, -0.2) is 39.7 Å². The molecule has 5 nitrogen and oxygen atoms in total. The van der Waals surface area contributed by atoms with Crippen LogP contribution in [0.3, 0.4) is 0 Å². The van der Waals surface area contributed by atoms with E-state index < -0.39 is 6.17 Å². The number of rotatable bonds is 1. The molecule has 1 unspecified atom stereocenters. The Morgan fingerprint density at radius 3 is 2.80 bits per heavy atom. The molecule has 1 atom stereocenters. The first-order valence-corrected chi connectivity index (χ1v) is 2.87. The lowest BCUT2D eigenvalue weighted by Gasteiger charge is -2.12. The van der Waals surface area contributed by atoms with Crippen LogP contribution < -0.4 is 0 Å². The van der Waals surface area contributed by atoms with Gasteiger partial charge in [0.15, 0.2) is 6.21 Å². The number of Topliss-reactive ketones (excluding diaryl/α,β-unsaturated/α-hetero) is 1. The lowest BCUT2D eigenvalue weighted by molar-refractivity contribution is -0.514. The molecule has 0 saturated carbocycles. The zero-order valence-corrected chi connectivity index (χ0v) is 5.52. The summed E-state index contributed by atoms with van der Waals surface area (Å²) in [6.45, 7) is 1.38. The molecule has 56 valence electrons. The molecule has 0 aromatic rings. The molecule has 0 spiro atoms. The van der Waals surface area contributed by atoms with Gasteiger partial charge in [0.2, 0.25) is 5.78 Å². The predicted octanol–water partition coefficient (Wildman–Crippen LogP) is -0.813. The average molecular weight is 144 g/mol. The molecule has 1 N–H and O–H groups in total. The Bertz CT molecular complexity index is 189. The van der Waals surface area contributed by atoms with Crippen LogP contribution in [0.25, 0.3) is 0 Å². The molecule has 1 heterocycles. The third kappa shape index (κ3) is 1.01. The number of hydrogen-bond acceptors (Lipinski definition) is 4. The molecule has 0 saturated heterocycles. The van der Waals surface area contributed by atoms with Crippen molar-refractivity contribution in [2.45, 2.75) is 13.1 Å². The van der Waals surface area contributed by atoms with Crippen molar-refractivity contribution >= 4 is 12.0 Å². The maximum Gasteiger partial charge on any atom is 0.299 e. The number of nitrogens with zero attached hydrogens (tertiary/aromatic N) is 2. The number of carbonyl (C=O) groups is 1. The summed E-state index contributed by atoms with van der Waals surface area (Å²) < 4.78 is 0.447. The van der Waals surface area contributed by atoms with E-state index in [-0.39, 0.29) is 12.3 Å². The van der Waals surface area contributed by atoms with E-state index in [0.717, 1.165) is 0 Å². The first kappa shape index (κ1) is 7.17. The van der Waals surface area contributed by atoms with Crippen molar-refractivity contribution in [1.29, 1.82) is 0 Å². The van der Waals surface area contributed by atoms with Crippen LogP contribution in [0.5, 0.6) is 0 Å². The highest BCUT2D eigenvalue weighted by Crippen LogP contribution is 2.02. The average Bonchev–Trinajstić information content (AvgIpc) is 2.11. The summed E-state index contributed by atoms with van der Waals surface area (Å²) in [5, 5.41) is 20.2. The fraction of sp³-hybridized carbons (Fsp3) is 0.600. The van der Waals surface area contributed by atoms with Gasteiger partial charge >= 0.3 is 0 Å². The van der Waals surface area contributed by atoms with E-state index in [1.54, 1.807) is 0 Å². The minimum absolute atomic E-state index is 0.119. The van der Waals surface area contributed by atoms with Crippen molar-refractivity contribution in [2.75, 3.05) is 6.54 Å². The van der Waals surface area contributed by atoms with Crippen molar-refractivity contribution in [3.05, 3.63) is 5.21 Å². The Morgan fingerprint density at radius 1 is 2.00 bits per heavy atom. The number of hydrogen-bond donors (Lipinski definition) is 1. The second-order valence-corrected chi connectivity index (χ2v) is 2.15. The van der Waals surface area contributed by atoms with Gasteiger partial charge in [-0.25, -0.2) is 0 Å². The highest BCUT2D eigenvalue weighted by atomic mass is 16.5. The van der Waals surface area contributed by atoms with Gasteiger partial charge < -0.3 is 10.4 Å². The smallest absolute Gasteiger partial charge is 0.299 e. The SMILES string of the molecule is CC(=O)C1N(O)CC=[N+]1[O-]. The number of hydroxylamine groups is 3. The summed E-state index contributed by atoms with van der Waals surface area (Å²) in [7, 11) is 0. The minimum Gasteiger partial charge on any atom is -0.622 e. The summed E-state index contributed by atoms with van der Waals surface area (Å²) in [6.07, 6.45) is 0.187. The van der Waals surface area contributed by atoms with Gasteiger partial charge in [-0.1, -0.05) is 0 Å². The van der Waals surface area contributed by atoms with Crippen molar-refractivity contribution in [2.24, 2.45) is 0 Å². The van der Waals surface area contributed by atoms with Crippen molar-refractivity contribution in [3.8, 4) is 0 Å². The standard InChI is InChI=1S/C5H8N2O3/c1-4(8)5-6(9)2-3-7(5)10/h2,5,10H,3H2,1H3. The Morgan fingerprint density at radius 2 is 2.60 bits per heavy atom. The molecule has 0 amide bonds. The highest BCUT2D eigenvalue weighted by Gasteiger charge is 2.33. The predicted molar refractivity (Wildman–Crippen MR) is 32.7 cm³/mol. The van der Waals surface area contributed by atoms with E-state index in [9.17, 15) is 10.0 Å². The van der Waals surface area contributed by atoms with Crippen LogP contribution in [0.15, 0.2) is 0 Å². The Labute approximate surface area is 57.7 Å². The van der Waals surface area contributed by atoms with Gasteiger partial charge in [-0.15, -0.1) is 5.06 Å². The van der Waals surface area contributed by atoms with Crippen LogP contribution in [0.1, 0.15) is 6.92 Å². The van der Waals surface area contributed by atoms with Crippen LogP contribution in [0, 0.1) is 5.21 Å². The fourth-order valence-electron chi connectivity index (χ4n) is 0.884. The maximum atomic E-state index is 10.7. The second-order valence-electron chi connectivity index (χ2n) is 2.15. The molecule has 10 heavy (non-hydrogen) atoms. The Kier molecular flexibility index (Phi) is 1.69. The fourth-order valence-corrected chi connectivity index (χ4v) is 0.884. The third-order valence-corrected chi connectivity index (χ3v) is 1.34. The van der Waals surface area contributed by atoms with E-state index in [1.165, 1.54) is 13.1 Å². The van der Waals surface area contributed by atoms with Crippen LogP contribution in [0.4, 0.5) is 0 Å². The van der Waals surface area contributed by atoms with E-state index in [4.69, 9.17) is 5.21 Å². The molecule has 0 radical (unpaired) electrons. The van der Waals surface area contributed by atoms with E-state index >= 15 is 0 Å². The molecule has 1 rings (SSSR count). The number of ketones is 1. The van der Waals surface area contributed by atoms with Gasteiger partial charge in [0.25, 0.3) is 6.17 Å². The third-order valence-electron chi connectivity index (χ3n) is 1.34. The van der Waals surface area contributed by atoms with Crippen LogP contribution in [0.2, 0.25) is 0 Å². The lowest BCUT2D eigenvalue weighted by atomic mass is 10.3. The van der Waals surface area contributed by atoms with Gasteiger partial charge in [0.05, 0.1) is 0 Å². The summed E-state index contributed by atoms with van der Waals surface area (Å²) in [6, 6.07) is 0. The highest BCUT2D eigenvalue weighted by molar-refractivity contribution is 5.81. The maximum absolute atomic E-state index is 10.7.